The van der Waals surface area contributed by atoms with Crippen molar-refractivity contribution in [2.24, 2.45) is 5.73 Å². The van der Waals surface area contributed by atoms with Gasteiger partial charge in [-0.3, -0.25) is 19.5 Å². The standard InChI is InChI=1S/C20H22N2O4S.C19H21N3O3S.C15H15BrN2O3S.C13H9Br2NO3S.C5H8O.C2H7N.ClH/c1-20(2,24)9-8-12-6-7-15-13(10-12)16-17(14(11-26-15)22(3)4)27-18(21-16)19(23)25-5;1-19(2,24)8-7-11-5-6-14-12(9-11)15-16(13(10-25-14)22(3)4)26-18(21-15)17(20)23;1-18(2)10-7-21-11-5-4-8(16)6-9(11)12-13(10)22-14(17-12)15(19)20-3;1-18-13(17)12-16-10-7-4-6(14)2-3-9(7)19-5-8(15)11(10)20-12;1-4-5(2,3)6;1-3-2;/h6-7,10,14,24H,11H2,1-5H3;5-6,9,13,24H,10H2,1-4H3,(H2,20,23);4-6,10H,7H2,1-3H3;2-4,8H,5H2,1H3;1,6H,2-3H3;3H,1-2H3;1H. The van der Waals surface area contributed by atoms with Gasteiger partial charge in [0.25, 0.3) is 5.91 Å². The Balaban J connectivity index is 0.000000211. The van der Waals surface area contributed by atoms with E-state index < -0.39 is 40.6 Å². The number of nitrogens with zero attached hydrogens (tertiary/aromatic N) is 7. The predicted octanol–water partition coefficient (Wildman–Crippen LogP) is 12.9. The fourth-order valence-corrected chi connectivity index (χ4v) is 15.4. The quantitative estimate of drug-likeness (QED) is 0.0429. The van der Waals surface area contributed by atoms with Crippen LogP contribution in [0, 0.1) is 36.0 Å². The maximum absolute atomic E-state index is 12.0. The number of amides is 1. The van der Waals surface area contributed by atoms with Crippen molar-refractivity contribution in [3.8, 4) is 104 Å². The number of aliphatic hydroxyl groups is 3. The second kappa shape index (κ2) is 37.9. The highest BCUT2D eigenvalue weighted by Gasteiger charge is 2.35. The van der Waals surface area contributed by atoms with Crippen LogP contribution in [0.4, 0.5) is 0 Å². The minimum atomic E-state index is -1.08. The van der Waals surface area contributed by atoms with Crippen molar-refractivity contribution in [2.45, 2.75) is 81.3 Å². The second-order valence-electron chi connectivity index (χ2n) is 25.4. The lowest BCUT2D eigenvalue weighted by Crippen LogP contribution is -2.24. The molecule has 4 atom stereocenters. The number of nitrogens with two attached hydrogens (primary N) is 1. The van der Waals surface area contributed by atoms with Crippen LogP contribution in [0.25, 0.3) is 45.0 Å². The molecule has 4 aliphatic heterocycles. The number of terminal acetylenes is 1. The van der Waals surface area contributed by atoms with Gasteiger partial charge in [-0.25, -0.2) is 34.3 Å². The summed E-state index contributed by atoms with van der Waals surface area (Å²) in [5, 5.41) is 32.3. The molecule has 4 unspecified atom stereocenters. The number of alkyl halides is 1. The summed E-state index contributed by atoms with van der Waals surface area (Å²) in [6.45, 7) is 11.6. The van der Waals surface area contributed by atoms with Crippen molar-refractivity contribution in [2.75, 3.05) is 104 Å². The van der Waals surface area contributed by atoms with Gasteiger partial charge in [0.2, 0.25) is 15.0 Å². The van der Waals surface area contributed by atoms with Crippen LogP contribution in [0.3, 0.4) is 0 Å². The molecule has 0 fully saturated rings. The number of carbonyl (C=O) groups is 4. The molecule has 31 heteroatoms. The number of hydrogen-bond acceptors (Lipinski definition) is 26. The number of methoxy groups -OCH3 is 3. The molecule has 12 rings (SSSR count). The highest BCUT2D eigenvalue weighted by atomic mass is 79.9. The van der Waals surface area contributed by atoms with E-state index in [1.54, 1.807) is 41.5 Å². The Morgan fingerprint density at radius 2 is 0.790 bits per heavy atom. The average Bonchev–Trinajstić information content (AvgIpc) is 1.66. The van der Waals surface area contributed by atoms with Crippen LogP contribution in [0.15, 0.2) is 81.7 Å². The SMILES string of the molecule is C#CC(C)(C)O.CN(C)C1COc2ccc(C#CC(C)(C)O)cc2-c2nc(C(N)=O)sc21.CNC.COC(=O)c1nc2c(s1)C(Br)COc1ccc(Br)cc1-2.COC(=O)c1nc2c(s1)C(N(C)C)COc1ccc(Br)cc1-2.COC(=O)c1nc2c(s1)C(N(C)C)COc1ccc(C#CC(C)(C)O)cc1-2.Cl. The van der Waals surface area contributed by atoms with Crippen LogP contribution < -0.4 is 30.0 Å². The molecule has 0 saturated heterocycles. The number of fused-ring (bicyclic) bond motifs is 12. The summed E-state index contributed by atoms with van der Waals surface area (Å²) >= 11 is 15.8. The van der Waals surface area contributed by atoms with Crippen molar-refractivity contribution in [3.63, 3.8) is 0 Å². The first kappa shape index (κ1) is 86.5. The highest BCUT2D eigenvalue weighted by molar-refractivity contribution is 9.10. The molecule has 1 amide bonds. The molecule has 4 aromatic heterocycles. The first-order chi connectivity index (χ1) is 48.9. The van der Waals surface area contributed by atoms with Gasteiger partial charge < -0.3 is 59.5 Å². The van der Waals surface area contributed by atoms with Gasteiger partial charge in [-0.2, -0.15) is 0 Å². The monoisotopic (exact) mass is 1720 g/mol. The number of aromatic nitrogens is 4. The highest BCUT2D eigenvalue weighted by Crippen LogP contribution is 2.48. The van der Waals surface area contributed by atoms with E-state index in [2.05, 4.69) is 108 Å². The summed E-state index contributed by atoms with van der Waals surface area (Å²) in [4.78, 5) is 75.2. The Bertz CT molecular complexity index is 4600. The van der Waals surface area contributed by atoms with E-state index in [-0.39, 0.29) is 40.4 Å². The van der Waals surface area contributed by atoms with Crippen LogP contribution >= 0.6 is 106 Å². The summed E-state index contributed by atoms with van der Waals surface area (Å²) in [5.41, 5.74) is 10.1. The number of ether oxygens (including phenoxy) is 7. The Kier molecular flexibility index (Phi) is 31.2. The minimum Gasteiger partial charge on any atom is -0.491 e. The predicted molar refractivity (Wildman–Crippen MR) is 425 cm³/mol. The maximum Gasteiger partial charge on any atom is 0.367 e. The Morgan fingerprint density at radius 3 is 1.09 bits per heavy atom. The Morgan fingerprint density at radius 1 is 0.514 bits per heavy atom. The lowest BCUT2D eigenvalue weighted by molar-refractivity contribution is 0.0591. The van der Waals surface area contributed by atoms with Gasteiger partial charge in [0.1, 0.15) is 66.2 Å². The third-order valence-corrected chi connectivity index (χ3v) is 21.4. The third-order valence-electron chi connectivity index (χ3n) is 14.8. The average molecular weight is 1730 g/mol. The van der Waals surface area contributed by atoms with Gasteiger partial charge in [0.05, 0.1) is 86.6 Å². The molecule has 0 bridgehead atoms. The summed E-state index contributed by atoms with van der Waals surface area (Å²) in [7, 11) is 19.6. The molecule has 105 heavy (non-hydrogen) atoms. The zero-order valence-corrected chi connectivity index (χ0v) is 69.7. The van der Waals surface area contributed by atoms with Crippen molar-refractivity contribution in [3.05, 3.63) is 132 Å². The molecule has 8 aromatic rings. The zero-order valence-electron chi connectivity index (χ0n) is 60.9. The normalized spacial score (nSPS) is 15.4. The lowest BCUT2D eigenvalue weighted by Gasteiger charge is -2.21. The summed E-state index contributed by atoms with van der Waals surface area (Å²) in [6.07, 6.45) is 4.81. The molecule has 8 heterocycles. The van der Waals surface area contributed by atoms with Crippen LogP contribution in [0.2, 0.25) is 0 Å². The molecule has 0 saturated carbocycles. The number of likely N-dealkylation sites (N-methyl/N-ethyl adjacent to an activating group) is 3. The number of esters is 3. The molecule has 6 N–H and O–H groups in total. The lowest BCUT2D eigenvalue weighted by atomic mass is 10.0. The molecule has 23 nitrogen and oxygen atoms in total. The molecule has 4 aliphatic rings. The minimum absolute atomic E-state index is 0. The van der Waals surface area contributed by atoms with E-state index in [9.17, 15) is 29.4 Å². The largest absolute Gasteiger partial charge is 0.491 e. The molecule has 0 aliphatic carbocycles. The van der Waals surface area contributed by atoms with Gasteiger partial charge >= 0.3 is 17.9 Å². The molecule has 0 spiro atoms. The fourth-order valence-electron chi connectivity index (χ4n) is 9.66. The number of rotatable bonds is 7. The second-order valence-corrected chi connectivity index (χ2v) is 32.5. The van der Waals surface area contributed by atoms with E-state index >= 15 is 0 Å². The van der Waals surface area contributed by atoms with E-state index in [0.29, 0.717) is 64.3 Å². The maximum atomic E-state index is 12.0. The van der Waals surface area contributed by atoms with E-state index in [0.717, 1.165) is 84.7 Å². The van der Waals surface area contributed by atoms with Crippen molar-refractivity contribution < 1.29 is 67.7 Å². The first-order valence-corrected chi connectivity index (χ1v) is 37.6. The third kappa shape index (κ3) is 23.1. The van der Waals surface area contributed by atoms with Gasteiger partial charge in [-0.05, 0) is 171 Å². The van der Waals surface area contributed by atoms with Gasteiger partial charge in [-0.1, -0.05) is 77.4 Å². The van der Waals surface area contributed by atoms with Crippen LogP contribution in [-0.4, -0.2) is 195 Å². The van der Waals surface area contributed by atoms with Crippen molar-refractivity contribution in [1.29, 1.82) is 0 Å². The zero-order chi connectivity index (χ0) is 76.9. The van der Waals surface area contributed by atoms with Crippen molar-refractivity contribution >= 4 is 129 Å². The number of nitrogens with one attached hydrogen (secondary N) is 1. The molecule has 0 radical (unpaired) electrons. The van der Waals surface area contributed by atoms with Gasteiger partial charge in [0, 0.05) is 42.3 Å². The molecule has 560 valence electrons. The topological polar surface area (TPSA) is 293 Å². The molecule has 4 aromatic carbocycles. The number of carbonyl (C=O) groups excluding carboxylic acids is 4. The van der Waals surface area contributed by atoms with Crippen LogP contribution in [-0.2, 0) is 14.2 Å². The molecular weight excluding hydrogens is 1640 g/mol. The number of benzene rings is 4. The van der Waals surface area contributed by atoms with Crippen LogP contribution in [0.1, 0.15) is 134 Å². The summed E-state index contributed by atoms with van der Waals surface area (Å²) in [5.74, 6) is 14.8. The molecular formula is C74H83Br3ClN9O14S4. The van der Waals surface area contributed by atoms with E-state index in [1.807, 2.05) is 139 Å². The van der Waals surface area contributed by atoms with E-state index in [1.165, 1.54) is 66.7 Å². The Hall–Kier alpha value is -7.39. The summed E-state index contributed by atoms with van der Waals surface area (Å²) in [6, 6.07) is 22.7. The van der Waals surface area contributed by atoms with Crippen LogP contribution in [0.5, 0.6) is 23.0 Å². The smallest absolute Gasteiger partial charge is 0.367 e. The number of halogens is 4. The van der Waals surface area contributed by atoms with E-state index in [4.69, 9.17) is 50.4 Å². The Labute approximate surface area is 659 Å². The van der Waals surface area contributed by atoms with Crippen molar-refractivity contribution in [1.82, 2.24) is 40.0 Å². The number of hydrogen-bond donors (Lipinski definition) is 5. The number of thiazole rings is 4. The van der Waals surface area contributed by atoms with Gasteiger partial charge in [0.15, 0.2) is 5.01 Å². The fraction of sp³-hybridized carbons (Fsp3) is 0.378. The summed E-state index contributed by atoms with van der Waals surface area (Å²) < 4.78 is 39.9. The van der Waals surface area contributed by atoms with Gasteiger partial charge in [-0.15, -0.1) is 64.2 Å². The first-order valence-electron chi connectivity index (χ1n) is 31.8. The number of primary amides is 1.